The van der Waals surface area contributed by atoms with Crippen LogP contribution in [0, 0.1) is 0 Å². The topological polar surface area (TPSA) is 109 Å². The van der Waals surface area contributed by atoms with E-state index in [1.54, 1.807) is 0 Å². The van der Waals surface area contributed by atoms with Gasteiger partial charge in [-0.3, -0.25) is 4.79 Å². The zero-order valence-corrected chi connectivity index (χ0v) is 10.9. The van der Waals surface area contributed by atoms with Crippen molar-refractivity contribution in [2.75, 3.05) is 6.54 Å². The molecule has 0 fully saturated rings. The Hall–Kier alpha value is -2.33. The third-order valence-electron chi connectivity index (χ3n) is 2.24. The molecule has 3 N–H and O–H groups in total. The predicted molar refractivity (Wildman–Crippen MR) is 63.2 cm³/mol. The molecule has 0 aromatic carbocycles. The average molecular weight is 309 g/mol. The third kappa shape index (κ3) is 7.74. The number of aromatic nitrogens is 3. The first-order valence-electron chi connectivity index (χ1n) is 5.95. The number of carbonyl (C=O) groups excluding carboxylic acids is 1. The number of nitrogens with zero attached hydrogens (tertiary/aromatic N) is 3. The molecule has 21 heavy (non-hydrogen) atoms. The van der Waals surface area contributed by atoms with Crippen LogP contribution in [0.4, 0.5) is 18.0 Å². The maximum atomic E-state index is 11.9. The number of hydrogen-bond donors (Lipinski definition) is 3. The fourth-order valence-electron chi connectivity index (χ4n) is 1.36. The molecule has 2 amide bonds. The molecule has 1 heterocycles. The van der Waals surface area contributed by atoms with Gasteiger partial charge < -0.3 is 15.7 Å². The van der Waals surface area contributed by atoms with Crippen LogP contribution in [-0.4, -0.2) is 44.8 Å². The van der Waals surface area contributed by atoms with Crippen LogP contribution < -0.4 is 10.6 Å². The van der Waals surface area contributed by atoms with Crippen LogP contribution in [0.5, 0.6) is 0 Å². The minimum atomic E-state index is -4.24. The Kier molecular flexibility index (Phi) is 5.93. The van der Waals surface area contributed by atoms with Gasteiger partial charge >= 0.3 is 18.2 Å². The summed E-state index contributed by atoms with van der Waals surface area (Å²) in [7, 11) is 0. The lowest BCUT2D eigenvalue weighted by atomic mass is 10.3. The smallest absolute Gasteiger partial charge is 0.389 e. The molecule has 0 spiro atoms. The molecule has 0 aliphatic carbocycles. The first-order valence-corrected chi connectivity index (χ1v) is 5.95. The highest BCUT2D eigenvalue weighted by Gasteiger charge is 2.25. The molecular weight excluding hydrogens is 295 g/mol. The summed E-state index contributed by atoms with van der Waals surface area (Å²) in [6.07, 6.45) is -4.05. The van der Waals surface area contributed by atoms with Gasteiger partial charge in [-0.1, -0.05) is 5.21 Å². The van der Waals surface area contributed by atoms with Crippen LogP contribution in [0.3, 0.4) is 0 Å². The van der Waals surface area contributed by atoms with Crippen molar-refractivity contribution < 1.29 is 27.9 Å². The van der Waals surface area contributed by atoms with Gasteiger partial charge in [-0.15, -0.1) is 5.10 Å². The van der Waals surface area contributed by atoms with Crippen molar-refractivity contribution in [2.45, 2.75) is 32.1 Å². The number of urea groups is 1. The Morgan fingerprint density at radius 3 is 2.67 bits per heavy atom. The van der Waals surface area contributed by atoms with Crippen LogP contribution in [0.15, 0.2) is 6.20 Å². The number of carboxylic acids is 1. The van der Waals surface area contributed by atoms with Crippen molar-refractivity contribution in [3.05, 3.63) is 11.9 Å². The monoisotopic (exact) mass is 309 g/mol. The lowest BCUT2D eigenvalue weighted by molar-refractivity contribution is -0.138. The van der Waals surface area contributed by atoms with Crippen molar-refractivity contribution in [3.63, 3.8) is 0 Å². The normalized spacial score (nSPS) is 11.2. The Bertz CT molecular complexity index is 489. The quantitative estimate of drug-likeness (QED) is 0.636. The van der Waals surface area contributed by atoms with E-state index in [2.05, 4.69) is 20.9 Å². The van der Waals surface area contributed by atoms with Crippen LogP contribution in [0.2, 0.25) is 0 Å². The zero-order valence-electron chi connectivity index (χ0n) is 10.9. The molecule has 1 aromatic heterocycles. The van der Waals surface area contributed by atoms with Crippen molar-refractivity contribution in [1.82, 2.24) is 25.6 Å². The molecule has 1 rings (SSSR count). The van der Waals surface area contributed by atoms with Gasteiger partial charge in [-0.05, 0) is 6.42 Å². The van der Waals surface area contributed by atoms with Crippen LogP contribution in [0.25, 0.3) is 0 Å². The lowest BCUT2D eigenvalue weighted by Gasteiger charge is -2.08. The second-order valence-corrected chi connectivity index (χ2v) is 4.13. The maximum Gasteiger partial charge on any atom is 0.389 e. The van der Waals surface area contributed by atoms with Crippen molar-refractivity contribution >= 4 is 12.0 Å². The summed E-state index contributed by atoms with van der Waals surface area (Å²) in [6, 6.07) is -0.634. The number of alkyl halides is 3. The van der Waals surface area contributed by atoms with Crippen molar-refractivity contribution in [2.24, 2.45) is 0 Å². The molecule has 0 saturated heterocycles. The van der Waals surface area contributed by atoms with E-state index in [1.165, 1.54) is 6.20 Å². The highest BCUT2D eigenvalue weighted by molar-refractivity contribution is 5.73. The van der Waals surface area contributed by atoms with E-state index < -0.39 is 24.6 Å². The summed E-state index contributed by atoms with van der Waals surface area (Å²) in [5, 5.41) is 20.3. The van der Waals surface area contributed by atoms with Crippen molar-refractivity contribution in [1.29, 1.82) is 0 Å². The first kappa shape index (κ1) is 16.7. The summed E-state index contributed by atoms with van der Waals surface area (Å²) in [5.74, 6) is -1.08. The summed E-state index contributed by atoms with van der Waals surface area (Å²) >= 11 is 0. The number of halogens is 3. The van der Waals surface area contributed by atoms with E-state index in [0.29, 0.717) is 5.69 Å². The Morgan fingerprint density at radius 1 is 1.33 bits per heavy atom. The minimum absolute atomic E-state index is 0.00920. The molecule has 0 radical (unpaired) electrons. The Labute approximate surface area is 117 Å². The van der Waals surface area contributed by atoms with Gasteiger partial charge in [-0.2, -0.15) is 13.2 Å². The largest absolute Gasteiger partial charge is 0.480 e. The maximum absolute atomic E-state index is 11.9. The molecule has 8 nitrogen and oxygen atoms in total. The zero-order chi connectivity index (χ0) is 15.9. The molecule has 0 aliphatic rings. The number of aliphatic carboxylic acids is 1. The highest BCUT2D eigenvalue weighted by atomic mass is 19.4. The molecule has 1 aromatic rings. The van der Waals surface area contributed by atoms with Gasteiger partial charge in [0, 0.05) is 13.0 Å². The Morgan fingerprint density at radius 2 is 2.05 bits per heavy atom. The van der Waals surface area contributed by atoms with E-state index in [1.807, 2.05) is 0 Å². The molecule has 0 bridgehead atoms. The number of rotatable bonds is 7. The predicted octanol–water partition coefficient (Wildman–Crippen LogP) is 0.504. The SMILES string of the molecule is O=C(O)Cn1cc(CNC(=O)NCCCC(F)(F)F)nn1. The van der Waals surface area contributed by atoms with E-state index in [4.69, 9.17) is 5.11 Å². The van der Waals surface area contributed by atoms with Gasteiger partial charge in [0.05, 0.1) is 12.7 Å². The average Bonchev–Trinajstić information content (AvgIpc) is 2.78. The highest BCUT2D eigenvalue weighted by Crippen LogP contribution is 2.20. The number of carboxylic acid groups (broad SMARTS) is 1. The second-order valence-electron chi connectivity index (χ2n) is 4.13. The van der Waals surface area contributed by atoms with Crippen LogP contribution in [0.1, 0.15) is 18.5 Å². The first-order chi connectivity index (χ1) is 9.76. The number of amides is 2. The van der Waals surface area contributed by atoms with Crippen LogP contribution >= 0.6 is 0 Å². The summed E-state index contributed by atoms with van der Waals surface area (Å²) in [4.78, 5) is 21.7. The van der Waals surface area contributed by atoms with Gasteiger partial charge in [0.15, 0.2) is 0 Å². The van der Waals surface area contributed by atoms with E-state index in [0.717, 1.165) is 4.68 Å². The molecule has 11 heteroatoms. The van der Waals surface area contributed by atoms with E-state index >= 15 is 0 Å². The van der Waals surface area contributed by atoms with E-state index in [-0.39, 0.29) is 26.1 Å². The fraction of sp³-hybridized carbons (Fsp3) is 0.600. The Balaban J connectivity index is 2.21. The summed E-state index contributed by atoms with van der Waals surface area (Å²) in [6.45, 7) is -0.460. The van der Waals surface area contributed by atoms with Crippen LogP contribution in [-0.2, 0) is 17.9 Å². The molecule has 118 valence electrons. The number of carbonyl (C=O) groups is 2. The van der Waals surface area contributed by atoms with Gasteiger partial charge in [0.1, 0.15) is 12.2 Å². The second kappa shape index (κ2) is 7.45. The fourth-order valence-corrected chi connectivity index (χ4v) is 1.36. The molecule has 0 atom stereocenters. The third-order valence-corrected chi connectivity index (χ3v) is 2.24. The minimum Gasteiger partial charge on any atom is -0.480 e. The molecular formula is C10H14F3N5O3. The van der Waals surface area contributed by atoms with Crippen molar-refractivity contribution in [3.8, 4) is 0 Å². The van der Waals surface area contributed by atoms with Gasteiger partial charge in [0.2, 0.25) is 0 Å². The lowest BCUT2D eigenvalue weighted by Crippen LogP contribution is -2.36. The molecule has 0 aliphatic heterocycles. The summed E-state index contributed by atoms with van der Waals surface area (Å²) in [5.41, 5.74) is 0.335. The summed E-state index contributed by atoms with van der Waals surface area (Å²) < 4.78 is 36.6. The standard InChI is InChI=1S/C10H14F3N5O3/c11-10(12,13)2-1-3-14-9(21)15-4-7-5-18(17-16-7)6-8(19)20/h5H,1-4,6H2,(H,19,20)(H2,14,15,21). The number of nitrogens with one attached hydrogen (secondary N) is 2. The molecule has 0 saturated carbocycles. The van der Waals surface area contributed by atoms with E-state index in [9.17, 15) is 22.8 Å². The van der Waals surface area contributed by atoms with Gasteiger partial charge in [-0.25, -0.2) is 9.48 Å². The number of hydrogen-bond acceptors (Lipinski definition) is 4. The molecule has 0 unspecified atom stereocenters. The van der Waals surface area contributed by atoms with Gasteiger partial charge in [0.25, 0.3) is 0 Å².